The van der Waals surface area contributed by atoms with Crippen molar-refractivity contribution in [1.29, 1.82) is 0 Å². The molecule has 1 aliphatic rings. The lowest BCUT2D eigenvalue weighted by atomic mass is 9.77. The van der Waals surface area contributed by atoms with Crippen molar-refractivity contribution in [2.75, 3.05) is 14.2 Å². The van der Waals surface area contributed by atoms with E-state index in [0.717, 1.165) is 31.2 Å². The number of tetrazole rings is 1. The van der Waals surface area contributed by atoms with Gasteiger partial charge in [-0.15, -0.1) is 10.2 Å². The molecule has 0 unspecified atom stereocenters. The summed E-state index contributed by atoms with van der Waals surface area (Å²) in [7, 11) is 3.21. The molecular formula is C16H21N5O3. The molecule has 0 radical (unpaired) electrons. The summed E-state index contributed by atoms with van der Waals surface area (Å²) in [5.74, 6) is 1.79. The van der Waals surface area contributed by atoms with Gasteiger partial charge in [0.25, 0.3) is 0 Å². The SMILES string of the molecule is COc1cc(OC)cc(C2(C(=O)NCc3nn[nH]n3)CCCC2)c1. The number of hydrogen-bond acceptors (Lipinski definition) is 6. The summed E-state index contributed by atoms with van der Waals surface area (Å²) in [4.78, 5) is 13.0. The van der Waals surface area contributed by atoms with Gasteiger partial charge in [-0.25, -0.2) is 0 Å². The molecule has 1 amide bonds. The Morgan fingerprint density at radius 2 is 1.88 bits per heavy atom. The molecule has 1 aromatic carbocycles. The number of H-pyrrole nitrogens is 1. The molecule has 1 fully saturated rings. The van der Waals surface area contributed by atoms with Gasteiger partial charge in [0.05, 0.1) is 26.2 Å². The highest BCUT2D eigenvalue weighted by atomic mass is 16.5. The van der Waals surface area contributed by atoms with E-state index in [0.29, 0.717) is 17.3 Å². The fourth-order valence-corrected chi connectivity index (χ4v) is 3.30. The number of carbonyl (C=O) groups is 1. The molecule has 24 heavy (non-hydrogen) atoms. The third-order valence-corrected chi connectivity index (χ3v) is 4.59. The predicted molar refractivity (Wildman–Crippen MR) is 85.7 cm³/mol. The topological polar surface area (TPSA) is 102 Å². The van der Waals surface area contributed by atoms with Crippen LogP contribution in [0.1, 0.15) is 37.1 Å². The zero-order valence-corrected chi connectivity index (χ0v) is 13.8. The maximum atomic E-state index is 13.0. The van der Waals surface area contributed by atoms with Crippen molar-refractivity contribution in [3.63, 3.8) is 0 Å². The summed E-state index contributed by atoms with van der Waals surface area (Å²) in [5.41, 5.74) is 0.341. The Morgan fingerprint density at radius 3 is 2.42 bits per heavy atom. The Balaban J connectivity index is 1.88. The molecule has 1 aliphatic carbocycles. The Bertz CT molecular complexity index is 673. The fourth-order valence-electron chi connectivity index (χ4n) is 3.30. The van der Waals surface area contributed by atoms with Crippen molar-refractivity contribution in [2.45, 2.75) is 37.6 Å². The minimum Gasteiger partial charge on any atom is -0.497 e. The number of benzene rings is 1. The highest BCUT2D eigenvalue weighted by molar-refractivity contribution is 5.88. The van der Waals surface area contributed by atoms with Crippen LogP contribution >= 0.6 is 0 Å². The second-order valence-corrected chi connectivity index (χ2v) is 5.90. The van der Waals surface area contributed by atoms with Crippen LogP contribution in [0.25, 0.3) is 0 Å². The molecule has 1 saturated carbocycles. The van der Waals surface area contributed by atoms with Crippen LogP contribution in [0, 0.1) is 0 Å². The maximum absolute atomic E-state index is 13.0. The summed E-state index contributed by atoms with van der Waals surface area (Å²) < 4.78 is 10.7. The standard InChI is InChI=1S/C16H21N5O3/c1-23-12-7-11(8-13(9-12)24-2)16(5-3-4-6-16)15(22)17-10-14-18-20-21-19-14/h7-9H,3-6,10H2,1-2H3,(H,17,22)(H,18,19,20,21). The van der Waals surface area contributed by atoms with Crippen molar-refractivity contribution in [1.82, 2.24) is 25.9 Å². The first-order valence-electron chi connectivity index (χ1n) is 7.92. The molecule has 1 heterocycles. The zero-order chi connectivity index (χ0) is 17.0. The average molecular weight is 331 g/mol. The first-order chi connectivity index (χ1) is 11.7. The summed E-state index contributed by atoms with van der Waals surface area (Å²) >= 11 is 0. The summed E-state index contributed by atoms with van der Waals surface area (Å²) in [6, 6.07) is 5.65. The van der Waals surface area contributed by atoms with Crippen LogP contribution in [-0.4, -0.2) is 40.8 Å². The number of nitrogens with one attached hydrogen (secondary N) is 2. The quantitative estimate of drug-likeness (QED) is 0.828. The minimum atomic E-state index is -0.578. The lowest BCUT2D eigenvalue weighted by Gasteiger charge is -2.29. The van der Waals surface area contributed by atoms with E-state index in [1.54, 1.807) is 14.2 Å². The number of rotatable bonds is 6. The third-order valence-electron chi connectivity index (χ3n) is 4.59. The van der Waals surface area contributed by atoms with Crippen molar-refractivity contribution in [3.05, 3.63) is 29.6 Å². The Hall–Kier alpha value is -2.64. The van der Waals surface area contributed by atoms with Crippen LogP contribution in [0.2, 0.25) is 0 Å². The molecule has 0 atom stereocenters. The number of amides is 1. The largest absolute Gasteiger partial charge is 0.497 e. The van der Waals surface area contributed by atoms with Gasteiger partial charge in [-0.1, -0.05) is 18.1 Å². The Kier molecular flexibility index (Phi) is 4.64. The van der Waals surface area contributed by atoms with E-state index < -0.39 is 5.41 Å². The molecular weight excluding hydrogens is 310 g/mol. The Labute approximate surface area is 139 Å². The van der Waals surface area contributed by atoms with Gasteiger partial charge in [0, 0.05) is 6.07 Å². The van der Waals surface area contributed by atoms with E-state index in [4.69, 9.17) is 9.47 Å². The predicted octanol–water partition coefficient (Wildman–Crippen LogP) is 1.35. The second kappa shape index (κ2) is 6.86. The van der Waals surface area contributed by atoms with E-state index in [9.17, 15) is 4.79 Å². The number of methoxy groups -OCH3 is 2. The number of carbonyl (C=O) groups excluding carboxylic acids is 1. The molecule has 8 nitrogen and oxygen atoms in total. The molecule has 0 saturated heterocycles. The second-order valence-electron chi connectivity index (χ2n) is 5.90. The van der Waals surface area contributed by atoms with Gasteiger partial charge in [0.1, 0.15) is 11.5 Å². The van der Waals surface area contributed by atoms with Gasteiger partial charge in [-0.05, 0) is 30.5 Å². The molecule has 0 aliphatic heterocycles. The molecule has 0 spiro atoms. The molecule has 2 N–H and O–H groups in total. The van der Waals surface area contributed by atoms with Crippen LogP contribution in [0.15, 0.2) is 18.2 Å². The highest BCUT2D eigenvalue weighted by Crippen LogP contribution is 2.43. The maximum Gasteiger partial charge on any atom is 0.231 e. The van der Waals surface area contributed by atoms with E-state index in [1.807, 2.05) is 18.2 Å². The van der Waals surface area contributed by atoms with Crippen LogP contribution in [0.4, 0.5) is 0 Å². The van der Waals surface area contributed by atoms with Crippen molar-refractivity contribution in [3.8, 4) is 11.5 Å². The van der Waals surface area contributed by atoms with Crippen molar-refractivity contribution >= 4 is 5.91 Å². The fraction of sp³-hybridized carbons (Fsp3) is 0.500. The van der Waals surface area contributed by atoms with Gasteiger partial charge < -0.3 is 14.8 Å². The van der Waals surface area contributed by atoms with Crippen LogP contribution in [-0.2, 0) is 16.8 Å². The van der Waals surface area contributed by atoms with E-state index >= 15 is 0 Å². The third kappa shape index (κ3) is 3.04. The van der Waals surface area contributed by atoms with Gasteiger partial charge in [-0.3, -0.25) is 4.79 Å². The highest BCUT2D eigenvalue weighted by Gasteiger charge is 2.43. The molecule has 0 bridgehead atoms. The van der Waals surface area contributed by atoms with E-state index in [2.05, 4.69) is 25.9 Å². The summed E-state index contributed by atoms with van der Waals surface area (Å²) in [6.45, 7) is 0.248. The number of aromatic nitrogens is 4. The van der Waals surface area contributed by atoms with Gasteiger partial charge in [0.2, 0.25) is 5.91 Å². The average Bonchev–Trinajstić information content (AvgIpc) is 3.31. The smallest absolute Gasteiger partial charge is 0.231 e. The number of hydrogen-bond donors (Lipinski definition) is 2. The zero-order valence-electron chi connectivity index (χ0n) is 13.8. The van der Waals surface area contributed by atoms with Gasteiger partial charge >= 0.3 is 0 Å². The lowest BCUT2D eigenvalue weighted by Crippen LogP contribution is -2.42. The first-order valence-corrected chi connectivity index (χ1v) is 7.92. The Morgan fingerprint density at radius 1 is 1.21 bits per heavy atom. The van der Waals surface area contributed by atoms with Crippen LogP contribution in [0.5, 0.6) is 11.5 Å². The minimum absolute atomic E-state index is 0.0277. The molecule has 1 aromatic heterocycles. The first kappa shape index (κ1) is 16.2. The summed E-state index contributed by atoms with van der Waals surface area (Å²) in [6.07, 6.45) is 3.60. The summed E-state index contributed by atoms with van der Waals surface area (Å²) in [5, 5.41) is 16.5. The van der Waals surface area contributed by atoms with Crippen molar-refractivity contribution in [2.24, 2.45) is 0 Å². The van der Waals surface area contributed by atoms with Crippen LogP contribution < -0.4 is 14.8 Å². The molecule has 128 valence electrons. The van der Waals surface area contributed by atoms with Gasteiger partial charge in [0.15, 0.2) is 5.82 Å². The number of aromatic amines is 1. The van der Waals surface area contributed by atoms with Crippen molar-refractivity contribution < 1.29 is 14.3 Å². The van der Waals surface area contributed by atoms with Gasteiger partial charge in [-0.2, -0.15) is 5.21 Å². The monoisotopic (exact) mass is 331 g/mol. The molecule has 2 aromatic rings. The van der Waals surface area contributed by atoms with E-state index in [1.165, 1.54) is 0 Å². The van der Waals surface area contributed by atoms with Crippen LogP contribution in [0.3, 0.4) is 0 Å². The number of nitrogens with zero attached hydrogens (tertiary/aromatic N) is 3. The normalized spacial score (nSPS) is 15.9. The molecule has 3 rings (SSSR count). The van der Waals surface area contributed by atoms with E-state index in [-0.39, 0.29) is 12.5 Å². The molecule has 8 heteroatoms. The number of ether oxygens (including phenoxy) is 2. The lowest BCUT2D eigenvalue weighted by molar-refractivity contribution is -0.126.